The van der Waals surface area contributed by atoms with Crippen LogP contribution in [0.4, 0.5) is 0 Å². The number of carbonyl (C=O) groups is 3. The zero-order valence-corrected chi connectivity index (χ0v) is 9.46. The average molecular weight is 270 g/mol. The monoisotopic (exact) mass is 271 g/mol. The van der Waals surface area contributed by atoms with Crippen LogP contribution in [0.3, 0.4) is 0 Å². The first-order valence-corrected chi connectivity index (χ1v) is 6.29. The molecule has 0 aliphatic rings. The fraction of sp³-hybridized carbons (Fsp3) is 0.222. The predicted octanol–water partition coefficient (Wildman–Crippen LogP) is 1.31. The minimum atomic E-state index is -2.25. The molecule has 0 aromatic carbocycles. The minimum absolute atomic E-state index is 0.435. The van der Waals surface area contributed by atoms with Crippen molar-refractivity contribution in [3.63, 3.8) is 0 Å². The predicted molar refractivity (Wildman–Crippen MR) is 49.9 cm³/mol. The molecule has 0 spiro atoms. The van der Waals surface area contributed by atoms with Crippen LogP contribution in [-0.2, 0) is 30.3 Å². The molecule has 0 atom stereocenters. The van der Waals surface area contributed by atoms with E-state index in [9.17, 15) is 14.4 Å². The second-order valence-electron chi connectivity index (χ2n) is 2.16. The summed E-state index contributed by atoms with van der Waals surface area (Å²) in [5.41, 5.74) is 2.13. The number of hydrogen-bond donors (Lipinski definition) is 0. The van der Waals surface area contributed by atoms with E-state index in [1.165, 1.54) is 0 Å². The summed E-state index contributed by atoms with van der Waals surface area (Å²) in [5.74, 6) is 0. The van der Waals surface area contributed by atoms with Crippen molar-refractivity contribution in [2.75, 3.05) is 0 Å². The Labute approximate surface area is 83.4 Å². The Morgan fingerprint density at radius 3 is 1.15 bits per heavy atom. The van der Waals surface area contributed by atoms with Crippen molar-refractivity contribution in [1.29, 1.82) is 0 Å². The fourth-order valence-corrected chi connectivity index (χ4v) is 0.349. The van der Waals surface area contributed by atoms with Gasteiger partial charge in [-0.05, 0) is 13.8 Å². The first-order valence-electron chi connectivity index (χ1n) is 3.28. The van der Waals surface area contributed by atoms with Crippen LogP contribution in [0.25, 0.3) is 0 Å². The summed E-state index contributed by atoms with van der Waals surface area (Å²) in [7, 11) is 0. The van der Waals surface area contributed by atoms with Crippen molar-refractivity contribution in [3.05, 3.63) is 24.3 Å². The molecule has 0 saturated heterocycles. The van der Waals surface area contributed by atoms with Crippen molar-refractivity contribution in [3.8, 4) is 0 Å². The molecule has 0 heterocycles. The molecule has 0 radical (unpaired) electrons. The van der Waals surface area contributed by atoms with E-state index < -0.39 is 16.0 Å². The summed E-state index contributed by atoms with van der Waals surface area (Å²) in [4.78, 5) is 30.0. The van der Waals surface area contributed by atoms with Gasteiger partial charge in [-0.15, -0.1) is 0 Å². The summed E-state index contributed by atoms with van der Waals surface area (Å²) >= 11 is -2.25. The van der Waals surface area contributed by atoms with E-state index in [4.69, 9.17) is 0 Å². The molecule has 0 unspecified atom stereocenters. The normalized spacial score (nSPS) is 8.62. The van der Waals surface area contributed by atoms with Gasteiger partial charge in [-0.3, -0.25) is 0 Å². The second-order valence-corrected chi connectivity index (χ2v) is 5.13. The zero-order chi connectivity index (χ0) is 10.9. The van der Waals surface area contributed by atoms with Gasteiger partial charge in [0.15, 0.2) is 0 Å². The molecule has 0 fully saturated rings. The molecule has 0 aliphatic carbocycles. The SMILES string of the molecule is C=C(C)C(=C)C.O=[CH][Ru]([CH]=O)[CH]=O. The molecule has 0 N–H and O–H groups in total. The van der Waals surface area contributed by atoms with E-state index in [2.05, 4.69) is 13.2 Å². The number of hydrogen-bond acceptors (Lipinski definition) is 3. The molecule has 0 aliphatic heterocycles. The maximum absolute atomic E-state index is 9.57. The molecule has 0 aromatic heterocycles. The average Bonchev–Trinajstić information content (AvgIpc) is 2.08. The quantitative estimate of drug-likeness (QED) is 0.440. The van der Waals surface area contributed by atoms with Crippen molar-refractivity contribution in [2.24, 2.45) is 0 Å². The third-order valence-electron chi connectivity index (χ3n) is 1.02. The first kappa shape index (κ1) is 14.6. The summed E-state index contributed by atoms with van der Waals surface area (Å²) < 4.78 is 0. The van der Waals surface area contributed by atoms with Crippen LogP contribution in [0.15, 0.2) is 24.3 Å². The summed E-state index contributed by atoms with van der Waals surface area (Å²) in [6.45, 7) is 11.2. The van der Waals surface area contributed by atoms with Crippen LogP contribution >= 0.6 is 0 Å². The van der Waals surface area contributed by atoms with Crippen molar-refractivity contribution in [1.82, 2.24) is 0 Å². The molecule has 0 rings (SSSR count). The van der Waals surface area contributed by atoms with Crippen molar-refractivity contribution in [2.45, 2.75) is 13.8 Å². The summed E-state index contributed by atoms with van der Waals surface area (Å²) in [5, 5.41) is 0. The van der Waals surface area contributed by atoms with Gasteiger partial charge in [0.1, 0.15) is 0 Å². The van der Waals surface area contributed by atoms with E-state index in [0.717, 1.165) is 11.1 Å². The standard InChI is InChI=1S/C6H10.3CHO.Ru/c1-5(2)6(3)4;3*1-2;/h1,3H2,2,4H3;3*1H;. The Kier molecular flexibility index (Phi) is 10.4. The van der Waals surface area contributed by atoms with Crippen molar-refractivity contribution >= 4 is 14.6 Å². The van der Waals surface area contributed by atoms with Gasteiger partial charge in [0.05, 0.1) is 0 Å². The summed E-state index contributed by atoms with van der Waals surface area (Å²) in [6, 6.07) is 0. The topological polar surface area (TPSA) is 51.2 Å². The van der Waals surface area contributed by atoms with Gasteiger partial charge >= 0.3 is 45.0 Å². The maximum atomic E-state index is 9.57. The molecular formula is C9H13O3Ru. The van der Waals surface area contributed by atoms with Gasteiger partial charge in [0, 0.05) is 0 Å². The number of carbonyl (C=O) groups excluding carboxylic acids is 3. The third kappa shape index (κ3) is 11.1. The Bertz CT molecular complexity index is 190. The molecule has 3 nitrogen and oxygen atoms in total. The fourth-order valence-electron chi connectivity index (χ4n) is 0.0589. The third-order valence-corrected chi connectivity index (χ3v) is 2.44. The Morgan fingerprint density at radius 1 is 0.923 bits per heavy atom. The number of allylic oxidation sites excluding steroid dienone is 2. The molecular weight excluding hydrogens is 257 g/mol. The van der Waals surface area contributed by atoms with Crippen LogP contribution in [-0.4, -0.2) is 14.6 Å². The molecule has 0 amide bonds. The molecule has 0 bridgehead atoms. The molecule has 75 valence electrons. The molecule has 13 heavy (non-hydrogen) atoms. The van der Waals surface area contributed by atoms with E-state index in [-0.39, 0.29) is 0 Å². The van der Waals surface area contributed by atoms with Crippen LogP contribution in [0.2, 0.25) is 0 Å². The van der Waals surface area contributed by atoms with E-state index >= 15 is 0 Å². The van der Waals surface area contributed by atoms with Gasteiger partial charge < -0.3 is 0 Å². The Balaban J connectivity index is 0. The van der Waals surface area contributed by atoms with Crippen LogP contribution in [0, 0.1) is 0 Å². The van der Waals surface area contributed by atoms with Gasteiger partial charge in [0.2, 0.25) is 0 Å². The molecule has 0 saturated carbocycles. The van der Waals surface area contributed by atoms with Gasteiger partial charge in [-0.25, -0.2) is 0 Å². The van der Waals surface area contributed by atoms with Gasteiger partial charge in [0.25, 0.3) is 0 Å². The van der Waals surface area contributed by atoms with E-state index in [1.807, 2.05) is 13.8 Å². The van der Waals surface area contributed by atoms with Gasteiger partial charge in [-0.1, -0.05) is 24.3 Å². The second kappa shape index (κ2) is 9.20. The van der Waals surface area contributed by atoms with Crippen LogP contribution in [0.1, 0.15) is 13.8 Å². The van der Waals surface area contributed by atoms with E-state index in [0.29, 0.717) is 14.6 Å². The zero-order valence-electron chi connectivity index (χ0n) is 7.72. The summed E-state index contributed by atoms with van der Waals surface area (Å²) in [6.07, 6.45) is 0. The number of rotatable bonds is 4. The van der Waals surface area contributed by atoms with Crippen LogP contribution in [0.5, 0.6) is 0 Å². The Hall–Kier alpha value is -0.887. The Morgan fingerprint density at radius 2 is 1.15 bits per heavy atom. The van der Waals surface area contributed by atoms with Gasteiger partial charge in [-0.2, -0.15) is 0 Å². The molecule has 4 heteroatoms. The van der Waals surface area contributed by atoms with Crippen LogP contribution < -0.4 is 0 Å². The first-order chi connectivity index (χ1) is 5.99. The van der Waals surface area contributed by atoms with Crippen molar-refractivity contribution < 1.29 is 30.3 Å². The molecule has 0 aromatic rings. The van der Waals surface area contributed by atoms with E-state index in [1.54, 1.807) is 0 Å².